The van der Waals surface area contributed by atoms with Gasteiger partial charge in [0.15, 0.2) is 11.5 Å². The van der Waals surface area contributed by atoms with E-state index in [1.54, 1.807) is 12.1 Å². The van der Waals surface area contributed by atoms with E-state index in [0.717, 1.165) is 0 Å². The standard InChI is InChI=1S/C16H20N6O6/c1-4-28-13-10(26-2)5-9(6-11(13)27-3)7-18-20-12(23)8-17-14-15(24)19-16(25)22-21-14/h5-7H,4,8H2,1-3H3,(H,17,21)(H,20,23)(H2,19,22,24,25)/b18-7+. The summed E-state index contributed by atoms with van der Waals surface area (Å²) in [7, 11) is 3.00. The van der Waals surface area contributed by atoms with Crippen molar-refractivity contribution >= 4 is 17.9 Å². The summed E-state index contributed by atoms with van der Waals surface area (Å²) in [5, 5.41) is 11.8. The molecular formula is C16H20N6O6. The predicted octanol–water partition coefficient (Wildman–Crippen LogP) is -0.564. The maximum atomic E-state index is 11.8. The minimum Gasteiger partial charge on any atom is -0.493 e. The first-order valence-electron chi connectivity index (χ1n) is 8.12. The van der Waals surface area contributed by atoms with Gasteiger partial charge in [0.25, 0.3) is 11.5 Å². The number of nitrogens with one attached hydrogen (secondary N) is 4. The zero-order valence-corrected chi connectivity index (χ0v) is 15.5. The molecule has 0 saturated carbocycles. The average Bonchev–Trinajstić information content (AvgIpc) is 2.68. The number of H-pyrrole nitrogens is 2. The molecule has 0 aliphatic carbocycles. The number of benzene rings is 1. The lowest BCUT2D eigenvalue weighted by Crippen LogP contribution is -2.31. The molecule has 1 aromatic heterocycles. The molecule has 0 saturated heterocycles. The van der Waals surface area contributed by atoms with Gasteiger partial charge in [0.2, 0.25) is 11.6 Å². The van der Waals surface area contributed by atoms with Crippen LogP contribution in [0.15, 0.2) is 26.8 Å². The summed E-state index contributed by atoms with van der Waals surface area (Å²) in [6.45, 7) is 2.00. The van der Waals surface area contributed by atoms with Crippen molar-refractivity contribution in [1.29, 1.82) is 0 Å². The van der Waals surface area contributed by atoms with Crippen molar-refractivity contribution in [2.24, 2.45) is 5.10 Å². The lowest BCUT2D eigenvalue weighted by atomic mass is 10.2. The number of aromatic amines is 2. The largest absolute Gasteiger partial charge is 0.493 e. The number of rotatable bonds is 9. The number of aromatic nitrogens is 3. The highest BCUT2D eigenvalue weighted by molar-refractivity contribution is 5.85. The van der Waals surface area contributed by atoms with E-state index in [-0.39, 0.29) is 12.4 Å². The van der Waals surface area contributed by atoms with Crippen molar-refractivity contribution in [1.82, 2.24) is 20.6 Å². The molecule has 1 heterocycles. The normalized spacial score (nSPS) is 10.5. The van der Waals surface area contributed by atoms with Crippen LogP contribution in [0.5, 0.6) is 17.2 Å². The van der Waals surface area contributed by atoms with Crippen molar-refractivity contribution in [3.05, 3.63) is 38.5 Å². The van der Waals surface area contributed by atoms with Crippen LogP contribution in [-0.2, 0) is 4.79 Å². The third-order valence-corrected chi connectivity index (χ3v) is 3.30. The molecule has 150 valence electrons. The van der Waals surface area contributed by atoms with Gasteiger partial charge in [0.05, 0.1) is 33.6 Å². The molecular weight excluding hydrogens is 372 g/mol. The van der Waals surface area contributed by atoms with Crippen LogP contribution >= 0.6 is 0 Å². The van der Waals surface area contributed by atoms with Crippen molar-refractivity contribution in [2.45, 2.75) is 6.92 Å². The summed E-state index contributed by atoms with van der Waals surface area (Å²) in [6.07, 6.45) is 1.39. The lowest BCUT2D eigenvalue weighted by Gasteiger charge is -2.14. The lowest BCUT2D eigenvalue weighted by molar-refractivity contribution is -0.119. The van der Waals surface area contributed by atoms with Crippen LogP contribution in [-0.4, -0.2) is 54.7 Å². The van der Waals surface area contributed by atoms with Gasteiger partial charge in [-0.05, 0) is 19.1 Å². The summed E-state index contributed by atoms with van der Waals surface area (Å²) in [4.78, 5) is 36.1. The number of nitrogens with zero attached hydrogens (tertiary/aromatic N) is 2. The Morgan fingerprint density at radius 1 is 1.25 bits per heavy atom. The van der Waals surface area contributed by atoms with Gasteiger partial charge in [-0.1, -0.05) is 0 Å². The van der Waals surface area contributed by atoms with Crippen LogP contribution in [0.1, 0.15) is 12.5 Å². The second kappa shape index (κ2) is 9.75. The highest BCUT2D eigenvalue weighted by atomic mass is 16.5. The number of methoxy groups -OCH3 is 2. The fraction of sp³-hybridized carbons (Fsp3) is 0.312. The van der Waals surface area contributed by atoms with Gasteiger partial charge in [0.1, 0.15) is 0 Å². The van der Waals surface area contributed by atoms with E-state index in [4.69, 9.17) is 14.2 Å². The summed E-state index contributed by atoms with van der Waals surface area (Å²) in [5.41, 5.74) is 1.40. The molecule has 0 aliphatic heterocycles. The van der Waals surface area contributed by atoms with Crippen molar-refractivity contribution in [3.8, 4) is 17.2 Å². The molecule has 0 spiro atoms. The zero-order chi connectivity index (χ0) is 20.5. The molecule has 0 unspecified atom stereocenters. The van der Waals surface area contributed by atoms with Crippen molar-refractivity contribution < 1.29 is 19.0 Å². The Bertz CT molecular complexity index is 942. The second-order valence-corrected chi connectivity index (χ2v) is 5.19. The fourth-order valence-corrected chi connectivity index (χ4v) is 2.11. The van der Waals surface area contributed by atoms with Crippen LogP contribution in [0.3, 0.4) is 0 Å². The quantitative estimate of drug-likeness (QED) is 0.326. The first-order chi connectivity index (χ1) is 13.5. The molecule has 12 heteroatoms. The Kier molecular flexibility index (Phi) is 7.13. The number of hydrogen-bond donors (Lipinski definition) is 4. The second-order valence-electron chi connectivity index (χ2n) is 5.19. The van der Waals surface area contributed by atoms with Gasteiger partial charge in [-0.2, -0.15) is 5.10 Å². The molecule has 12 nitrogen and oxygen atoms in total. The first kappa shape index (κ1) is 20.5. The van der Waals surface area contributed by atoms with E-state index in [2.05, 4.69) is 20.9 Å². The highest BCUT2D eigenvalue weighted by Crippen LogP contribution is 2.38. The van der Waals surface area contributed by atoms with E-state index in [1.807, 2.05) is 17.0 Å². The Morgan fingerprint density at radius 3 is 2.50 bits per heavy atom. The van der Waals surface area contributed by atoms with E-state index in [1.165, 1.54) is 20.4 Å². The van der Waals surface area contributed by atoms with E-state index >= 15 is 0 Å². The van der Waals surface area contributed by atoms with Crippen LogP contribution in [0.4, 0.5) is 5.82 Å². The summed E-state index contributed by atoms with van der Waals surface area (Å²) in [6, 6.07) is 3.34. The van der Waals surface area contributed by atoms with Crippen LogP contribution in [0.25, 0.3) is 0 Å². The van der Waals surface area contributed by atoms with Gasteiger partial charge >= 0.3 is 5.69 Å². The molecule has 4 N–H and O–H groups in total. The monoisotopic (exact) mass is 392 g/mol. The Morgan fingerprint density at radius 2 is 1.93 bits per heavy atom. The number of hydrazone groups is 1. The Labute approximate surface area is 158 Å². The van der Waals surface area contributed by atoms with Gasteiger partial charge < -0.3 is 19.5 Å². The summed E-state index contributed by atoms with van der Waals surface area (Å²) in [5.74, 6) is 0.655. The summed E-state index contributed by atoms with van der Waals surface area (Å²) >= 11 is 0. The predicted molar refractivity (Wildman–Crippen MR) is 100 cm³/mol. The smallest absolute Gasteiger partial charge is 0.342 e. The molecule has 1 amide bonds. The third-order valence-electron chi connectivity index (χ3n) is 3.30. The van der Waals surface area contributed by atoms with Gasteiger partial charge in [-0.15, -0.1) is 5.10 Å². The molecule has 0 atom stereocenters. The van der Waals surface area contributed by atoms with Crippen LogP contribution in [0.2, 0.25) is 0 Å². The minimum atomic E-state index is -0.745. The molecule has 0 aliphatic rings. The van der Waals surface area contributed by atoms with Crippen LogP contribution in [0, 0.1) is 0 Å². The number of ether oxygens (including phenoxy) is 3. The molecule has 2 aromatic rings. The van der Waals surface area contributed by atoms with Crippen molar-refractivity contribution in [2.75, 3.05) is 32.7 Å². The maximum Gasteiger partial charge on any atom is 0.342 e. The molecule has 1 aromatic carbocycles. The molecule has 28 heavy (non-hydrogen) atoms. The van der Waals surface area contributed by atoms with E-state index in [0.29, 0.717) is 29.4 Å². The Hall–Kier alpha value is -3.83. The van der Waals surface area contributed by atoms with Crippen molar-refractivity contribution in [3.63, 3.8) is 0 Å². The van der Waals surface area contributed by atoms with E-state index in [9.17, 15) is 14.4 Å². The number of anilines is 1. The topological polar surface area (TPSA) is 160 Å². The fourth-order valence-electron chi connectivity index (χ4n) is 2.11. The SMILES string of the molecule is CCOc1c(OC)cc(/C=N/NC(=O)CNc2n[nH]c(=O)[nH]c2=O)cc1OC. The molecule has 0 fully saturated rings. The first-order valence-corrected chi connectivity index (χ1v) is 8.12. The minimum absolute atomic E-state index is 0.195. The maximum absolute atomic E-state index is 11.8. The average molecular weight is 392 g/mol. The molecule has 2 rings (SSSR count). The van der Waals surface area contributed by atoms with Crippen LogP contribution < -0.4 is 36.2 Å². The van der Waals surface area contributed by atoms with Gasteiger partial charge in [-0.3, -0.25) is 14.6 Å². The van der Waals surface area contributed by atoms with Gasteiger partial charge in [0, 0.05) is 5.56 Å². The summed E-state index contributed by atoms with van der Waals surface area (Å²) < 4.78 is 16.1. The number of amides is 1. The van der Waals surface area contributed by atoms with Gasteiger partial charge in [-0.25, -0.2) is 15.3 Å². The Balaban J connectivity index is 2.00. The highest BCUT2D eigenvalue weighted by Gasteiger charge is 2.13. The van der Waals surface area contributed by atoms with E-state index < -0.39 is 17.2 Å². The number of carbonyl (C=O) groups excluding carboxylic acids is 1. The number of hydrogen-bond acceptors (Lipinski definition) is 9. The number of carbonyl (C=O) groups is 1. The third kappa shape index (κ3) is 5.33. The zero-order valence-electron chi connectivity index (χ0n) is 15.5. The molecule has 0 bridgehead atoms. The molecule has 0 radical (unpaired) electrons.